The predicted octanol–water partition coefficient (Wildman–Crippen LogP) is 5.13. The summed E-state index contributed by atoms with van der Waals surface area (Å²) in [7, 11) is 0. The molecule has 1 saturated heterocycles. The number of nitrogens with zero attached hydrogens (tertiary/aromatic N) is 4. The summed E-state index contributed by atoms with van der Waals surface area (Å²) in [6.45, 7) is 4.42. The third-order valence-corrected chi connectivity index (χ3v) is 7.17. The number of nitrogen functional groups attached to an aromatic ring is 1. The van der Waals surface area contributed by atoms with Gasteiger partial charge in [-0.05, 0) is 50.6 Å². The van der Waals surface area contributed by atoms with Crippen molar-refractivity contribution in [2.24, 2.45) is 0 Å². The van der Waals surface area contributed by atoms with Gasteiger partial charge in [0.2, 0.25) is 11.8 Å². The van der Waals surface area contributed by atoms with Gasteiger partial charge in [0.15, 0.2) is 11.6 Å². The van der Waals surface area contributed by atoms with Crippen LogP contribution in [0.2, 0.25) is 0 Å². The number of hydrogen-bond acceptors (Lipinski definition) is 9. The van der Waals surface area contributed by atoms with Gasteiger partial charge in [0.05, 0.1) is 23.3 Å². The van der Waals surface area contributed by atoms with E-state index < -0.39 is 47.1 Å². The highest BCUT2D eigenvalue weighted by molar-refractivity contribution is 5.82. The molecular formula is C31H31F4N7O5. The van der Waals surface area contributed by atoms with Gasteiger partial charge >= 0.3 is 12.3 Å². The number of anilines is 1. The zero-order valence-electron chi connectivity index (χ0n) is 25.5. The van der Waals surface area contributed by atoms with Crippen LogP contribution < -0.4 is 21.3 Å². The van der Waals surface area contributed by atoms with Gasteiger partial charge in [-0.25, -0.2) is 24.1 Å². The maximum atomic E-state index is 14.3. The molecule has 2 amide bonds. The van der Waals surface area contributed by atoms with Crippen molar-refractivity contribution < 1.29 is 36.6 Å². The number of likely N-dealkylation sites (tertiary alicyclic amines) is 1. The third kappa shape index (κ3) is 7.93. The smallest absolute Gasteiger partial charge is 0.416 e. The van der Waals surface area contributed by atoms with Gasteiger partial charge in [0.25, 0.3) is 5.56 Å². The Kier molecular flexibility index (Phi) is 9.04. The molecule has 3 heterocycles. The highest BCUT2D eigenvalue weighted by Gasteiger charge is 2.39. The van der Waals surface area contributed by atoms with Crippen molar-refractivity contribution in [2.45, 2.75) is 64.1 Å². The van der Waals surface area contributed by atoms with Crippen molar-refractivity contribution in [3.8, 4) is 22.9 Å². The number of carbonyl (C=O) groups is 2. The quantitative estimate of drug-likeness (QED) is 0.229. The average Bonchev–Trinajstić information content (AvgIpc) is 3.35. The Balaban J connectivity index is 1.37. The number of aromatic nitrogens is 4. The van der Waals surface area contributed by atoms with E-state index >= 15 is 0 Å². The normalized spacial score (nSPS) is 16.7. The number of carbonyl (C=O) groups excluding carboxylic acids is 2. The summed E-state index contributed by atoms with van der Waals surface area (Å²) < 4.78 is 66.5. The van der Waals surface area contributed by atoms with Gasteiger partial charge in [-0.3, -0.25) is 9.59 Å². The van der Waals surface area contributed by atoms with E-state index in [-0.39, 0.29) is 65.7 Å². The molecule has 12 nitrogen and oxygen atoms in total. The summed E-state index contributed by atoms with van der Waals surface area (Å²) in [6.07, 6.45) is -6.00. The first-order valence-corrected chi connectivity index (χ1v) is 14.5. The number of ether oxygens (including phenoxy) is 2. The SMILES string of the molecule is CC(C)(C)OC(=O)N1C[C@H](F)C[C@H]1CC(=O)NCc1cc(C(F)(F)F)ccc1-c1cc(Oc2cccc3[nH]c(=O)c(N)nc23)ncn1. The number of benzene rings is 2. The summed E-state index contributed by atoms with van der Waals surface area (Å²) in [5, 5.41) is 2.59. The molecule has 0 aliphatic carbocycles. The zero-order valence-corrected chi connectivity index (χ0v) is 25.5. The lowest BCUT2D eigenvalue weighted by Crippen LogP contribution is -2.42. The van der Waals surface area contributed by atoms with Gasteiger partial charge in [0, 0.05) is 37.1 Å². The van der Waals surface area contributed by atoms with E-state index in [0.29, 0.717) is 5.52 Å². The molecule has 0 spiro atoms. The van der Waals surface area contributed by atoms with Gasteiger partial charge in [-0.15, -0.1) is 0 Å². The Morgan fingerprint density at radius 2 is 1.89 bits per heavy atom. The number of fused-ring (bicyclic) bond motifs is 1. The minimum absolute atomic E-state index is 0.00759. The van der Waals surface area contributed by atoms with Crippen LogP contribution in [0, 0.1) is 0 Å². The van der Waals surface area contributed by atoms with Crippen LogP contribution in [-0.2, 0) is 22.3 Å². The maximum absolute atomic E-state index is 14.3. The molecule has 1 aliphatic heterocycles. The number of amides is 2. The van der Waals surface area contributed by atoms with Gasteiger partial charge in [0.1, 0.15) is 23.6 Å². The molecule has 4 N–H and O–H groups in total. The molecule has 0 unspecified atom stereocenters. The van der Waals surface area contributed by atoms with Gasteiger partial charge < -0.3 is 30.4 Å². The van der Waals surface area contributed by atoms with E-state index in [2.05, 4.69) is 25.3 Å². The lowest BCUT2D eigenvalue weighted by atomic mass is 10.0. The largest absolute Gasteiger partial charge is 0.444 e. The van der Waals surface area contributed by atoms with Crippen LogP contribution in [0.4, 0.5) is 28.2 Å². The van der Waals surface area contributed by atoms with E-state index in [1.165, 1.54) is 12.1 Å². The standard InChI is InChI=1S/C31H31F4N7O5/c1-30(2,3)47-29(45)42-14-18(32)10-19(42)11-24(43)37-13-16-9-17(31(33,34)35)7-8-20(16)22-12-25(39-15-38-22)46-23-6-4-5-21-26(23)41-27(36)28(44)40-21/h4-9,12,15,18-19H,10-11,13-14H2,1-3H3,(H2,36,41)(H,37,43)(H,40,44)/t18-,19+/m1/s1. The fraction of sp³-hybridized carbons (Fsp3) is 0.355. The number of alkyl halides is 4. The van der Waals surface area contributed by atoms with Crippen molar-refractivity contribution in [3.63, 3.8) is 0 Å². The number of para-hydroxylation sites is 1. The van der Waals surface area contributed by atoms with Crippen molar-refractivity contribution in [2.75, 3.05) is 12.3 Å². The highest BCUT2D eigenvalue weighted by Crippen LogP contribution is 2.34. The van der Waals surface area contributed by atoms with E-state index in [1.54, 1.807) is 39.0 Å². The molecule has 248 valence electrons. The van der Waals surface area contributed by atoms with Crippen molar-refractivity contribution in [1.82, 2.24) is 30.2 Å². The third-order valence-electron chi connectivity index (χ3n) is 7.17. The number of nitrogens with one attached hydrogen (secondary N) is 2. The molecule has 47 heavy (non-hydrogen) atoms. The monoisotopic (exact) mass is 657 g/mol. The van der Waals surface area contributed by atoms with E-state index in [4.69, 9.17) is 15.2 Å². The highest BCUT2D eigenvalue weighted by atomic mass is 19.4. The number of H-pyrrole nitrogens is 1. The summed E-state index contributed by atoms with van der Waals surface area (Å²) in [6, 6.07) is 8.36. The number of nitrogens with two attached hydrogens (primary N) is 1. The topological polar surface area (TPSA) is 165 Å². The van der Waals surface area contributed by atoms with Crippen LogP contribution in [0.15, 0.2) is 53.6 Å². The summed E-state index contributed by atoms with van der Waals surface area (Å²) in [5.74, 6) is -0.678. The molecule has 4 aromatic rings. The molecule has 1 aliphatic rings. The lowest BCUT2D eigenvalue weighted by molar-refractivity contribution is -0.137. The van der Waals surface area contributed by atoms with Crippen LogP contribution in [-0.4, -0.2) is 61.2 Å². The second-order valence-corrected chi connectivity index (χ2v) is 11.9. The Morgan fingerprint density at radius 1 is 1.13 bits per heavy atom. The number of hydrogen-bond donors (Lipinski definition) is 3. The van der Waals surface area contributed by atoms with Gasteiger partial charge in [-0.1, -0.05) is 12.1 Å². The minimum Gasteiger partial charge on any atom is -0.444 e. The first-order chi connectivity index (χ1) is 22.1. The minimum atomic E-state index is -4.67. The molecule has 5 rings (SSSR count). The molecular weight excluding hydrogens is 626 g/mol. The van der Waals surface area contributed by atoms with E-state index in [0.717, 1.165) is 23.4 Å². The summed E-state index contributed by atoms with van der Waals surface area (Å²) in [4.78, 5) is 53.5. The lowest BCUT2D eigenvalue weighted by Gasteiger charge is -2.28. The molecule has 2 atom stereocenters. The Bertz CT molecular complexity index is 1880. The predicted molar refractivity (Wildman–Crippen MR) is 162 cm³/mol. The zero-order chi connectivity index (χ0) is 34.1. The van der Waals surface area contributed by atoms with Crippen LogP contribution in [0.1, 0.15) is 44.7 Å². The van der Waals surface area contributed by atoms with Crippen LogP contribution in [0.25, 0.3) is 22.3 Å². The van der Waals surface area contributed by atoms with Crippen molar-refractivity contribution in [3.05, 3.63) is 70.3 Å². The van der Waals surface area contributed by atoms with Crippen LogP contribution in [0.5, 0.6) is 11.6 Å². The van der Waals surface area contributed by atoms with Crippen LogP contribution >= 0.6 is 0 Å². The Morgan fingerprint density at radius 3 is 2.62 bits per heavy atom. The maximum Gasteiger partial charge on any atom is 0.416 e. The molecule has 0 radical (unpaired) electrons. The second kappa shape index (κ2) is 12.8. The number of rotatable bonds is 7. The Labute approximate surface area is 265 Å². The number of aromatic amines is 1. The van der Waals surface area contributed by atoms with E-state index in [9.17, 15) is 31.9 Å². The van der Waals surface area contributed by atoms with Crippen molar-refractivity contribution >= 4 is 28.9 Å². The summed E-state index contributed by atoms with van der Waals surface area (Å²) in [5.41, 5.74) is 4.42. The molecule has 0 bridgehead atoms. The number of halogens is 4. The fourth-order valence-corrected chi connectivity index (χ4v) is 5.08. The van der Waals surface area contributed by atoms with Gasteiger partial charge in [-0.2, -0.15) is 13.2 Å². The first kappa shape index (κ1) is 33.1. The Hall–Kier alpha value is -5.28. The molecule has 2 aromatic heterocycles. The van der Waals surface area contributed by atoms with E-state index in [1.807, 2.05) is 0 Å². The van der Waals surface area contributed by atoms with Crippen molar-refractivity contribution in [1.29, 1.82) is 0 Å². The van der Waals surface area contributed by atoms with Crippen LogP contribution in [0.3, 0.4) is 0 Å². The fourth-order valence-electron chi connectivity index (χ4n) is 5.08. The average molecular weight is 658 g/mol. The second-order valence-electron chi connectivity index (χ2n) is 11.9. The molecule has 16 heteroatoms. The summed E-state index contributed by atoms with van der Waals surface area (Å²) >= 11 is 0. The molecule has 1 fully saturated rings. The molecule has 0 saturated carbocycles. The molecule has 2 aromatic carbocycles. The first-order valence-electron chi connectivity index (χ1n) is 14.5.